The first kappa shape index (κ1) is 29.2. The molecule has 0 spiro atoms. The molecule has 0 radical (unpaired) electrons. The molecule has 1 aromatic rings. The van der Waals surface area contributed by atoms with Crippen LogP contribution in [0.5, 0.6) is 0 Å². The second kappa shape index (κ2) is 14.6. The fraction of sp³-hybridized carbons (Fsp3) is 0.833. The van der Waals surface area contributed by atoms with E-state index in [9.17, 15) is 4.79 Å². The molecule has 3 saturated heterocycles. The fourth-order valence-corrected chi connectivity index (χ4v) is 6.36. The number of unbranched alkanes of at least 4 members (excludes halogenated alkanes) is 4. The Morgan fingerprint density at radius 3 is 2.24 bits per heavy atom. The summed E-state index contributed by atoms with van der Waals surface area (Å²) in [7, 11) is 0. The Balaban J connectivity index is 0.00000420. The van der Waals surface area contributed by atoms with E-state index in [1.165, 1.54) is 76.6 Å². The molecule has 0 aliphatic carbocycles. The molecule has 1 N–H and O–H groups in total. The lowest BCUT2D eigenvalue weighted by molar-refractivity contribution is -0.127. The first-order valence-corrected chi connectivity index (χ1v) is 15.4. The molecule has 2 atom stereocenters. The number of anilines is 1. The third-order valence-electron chi connectivity index (χ3n) is 8.71. The number of carbonyl (C=O) groups excluding carboxylic acids is 1. The summed E-state index contributed by atoms with van der Waals surface area (Å²) in [5.41, 5.74) is 1.32. The number of aromatic nitrogens is 2. The van der Waals surface area contributed by atoms with Crippen LogP contribution in [0.4, 0.5) is 5.95 Å². The van der Waals surface area contributed by atoms with Crippen LogP contribution in [0.25, 0.3) is 0 Å². The summed E-state index contributed by atoms with van der Waals surface area (Å²) in [5.74, 6) is 1.54. The fourth-order valence-electron chi connectivity index (χ4n) is 6.36. The molecular weight excluding hydrogens is 476 g/mol. The molecule has 3 aliphatic rings. The molecule has 38 heavy (non-hydrogen) atoms. The van der Waals surface area contributed by atoms with Gasteiger partial charge in [-0.05, 0) is 97.3 Å². The number of hydrogen-bond donors (Lipinski definition) is 1. The van der Waals surface area contributed by atoms with E-state index in [1.807, 2.05) is 13.8 Å². The maximum absolute atomic E-state index is 11.7. The molecule has 3 fully saturated rings. The molecule has 4 rings (SSSR count). The number of amides is 1. The predicted octanol–water partition coefficient (Wildman–Crippen LogP) is 4.46. The summed E-state index contributed by atoms with van der Waals surface area (Å²) < 4.78 is 5.32. The van der Waals surface area contributed by atoms with Gasteiger partial charge in [-0.15, -0.1) is 0 Å². The number of nitrogens with zero attached hydrogens (tertiary/aromatic N) is 5. The molecule has 4 heterocycles. The number of carbonyl (C=O) groups is 1. The van der Waals surface area contributed by atoms with E-state index in [0.29, 0.717) is 24.0 Å². The second-order valence-corrected chi connectivity index (χ2v) is 12.2. The Morgan fingerprint density at radius 1 is 0.974 bits per heavy atom. The van der Waals surface area contributed by atoms with Crippen molar-refractivity contribution >= 4 is 11.9 Å². The van der Waals surface area contributed by atoms with Crippen molar-refractivity contribution in [3.05, 3.63) is 18.0 Å². The van der Waals surface area contributed by atoms with Gasteiger partial charge in [0.1, 0.15) is 6.61 Å². The van der Waals surface area contributed by atoms with E-state index in [2.05, 4.69) is 46.3 Å². The first-order chi connectivity index (χ1) is 18.4. The summed E-state index contributed by atoms with van der Waals surface area (Å²) in [4.78, 5) is 29.2. The predicted molar refractivity (Wildman–Crippen MR) is 156 cm³/mol. The number of piperidine rings is 1. The smallest absolute Gasteiger partial charge is 0.246 e. The third kappa shape index (κ3) is 8.36. The highest BCUT2D eigenvalue weighted by atomic mass is 16.5. The van der Waals surface area contributed by atoms with E-state index < -0.39 is 0 Å². The lowest BCUT2D eigenvalue weighted by Gasteiger charge is -2.42. The van der Waals surface area contributed by atoms with Crippen molar-refractivity contribution in [2.45, 2.75) is 116 Å². The van der Waals surface area contributed by atoms with Crippen molar-refractivity contribution < 1.29 is 11.0 Å². The molecule has 3 aliphatic heterocycles. The summed E-state index contributed by atoms with van der Waals surface area (Å²) in [6.07, 6.45) is 15.3. The van der Waals surface area contributed by atoms with Gasteiger partial charge in [0.05, 0.1) is 6.10 Å². The SMILES string of the molecule is CC(C)OCC(=O)NCCCCCCCN1CCC(c2cnc(N3C4CCC3CN(C(C)C)C4)nc2)CC1.[HH]. The molecule has 0 aromatic carbocycles. The minimum absolute atomic E-state index is 0. The average Bonchev–Trinajstić information content (AvgIpc) is 3.17. The summed E-state index contributed by atoms with van der Waals surface area (Å²) in [5, 5.41) is 2.94. The Morgan fingerprint density at radius 2 is 1.61 bits per heavy atom. The van der Waals surface area contributed by atoms with Gasteiger partial charge in [-0.25, -0.2) is 9.97 Å². The third-order valence-corrected chi connectivity index (χ3v) is 8.71. The van der Waals surface area contributed by atoms with Gasteiger partial charge >= 0.3 is 0 Å². The molecular formula is C30H54N6O2. The van der Waals surface area contributed by atoms with Gasteiger partial charge in [-0.2, -0.15) is 0 Å². The van der Waals surface area contributed by atoms with E-state index >= 15 is 0 Å². The second-order valence-electron chi connectivity index (χ2n) is 12.2. The minimum atomic E-state index is -0.00309. The van der Waals surface area contributed by atoms with Gasteiger partial charge in [0.15, 0.2) is 0 Å². The molecule has 2 unspecified atom stereocenters. The quantitative estimate of drug-likeness (QED) is 0.356. The van der Waals surface area contributed by atoms with Crippen LogP contribution in [-0.4, -0.2) is 95.8 Å². The van der Waals surface area contributed by atoms with Crippen LogP contribution < -0.4 is 10.2 Å². The normalized spacial score (nSPS) is 23.1. The molecule has 0 saturated carbocycles. The zero-order chi connectivity index (χ0) is 26.9. The number of ether oxygens (including phenoxy) is 1. The van der Waals surface area contributed by atoms with Crippen molar-refractivity contribution in [1.82, 2.24) is 25.1 Å². The van der Waals surface area contributed by atoms with Gasteiger partial charge in [0, 0.05) is 51.6 Å². The molecule has 216 valence electrons. The first-order valence-electron chi connectivity index (χ1n) is 15.4. The molecule has 1 aromatic heterocycles. The lowest BCUT2D eigenvalue weighted by atomic mass is 9.91. The zero-order valence-electron chi connectivity index (χ0n) is 24.4. The van der Waals surface area contributed by atoms with Gasteiger partial charge in [0.25, 0.3) is 0 Å². The standard InChI is InChI=1S/C30H52N6O2.H2/c1-23(2)35-20-27-10-11-28(21-35)36(27)30-32-18-26(19-33-30)25-12-16-34(17-13-25)15-9-7-5-6-8-14-31-29(37)22-38-24(3)4;/h18-19,23-25,27-28H,5-17,20-22H2,1-4H3,(H,31,37);1H. The van der Waals surface area contributed by atoms with Crippen molar-refractivity contribution in [2.75, 3.05) is 50.8 Å². The Kier molecular flexibility index (Phi) is 11.2. The van der Waals surface area contributed by atoms with Gasteiger partial charge in [-0.3, -0.25) is 9.69 Å². The molecule has 1 amide bonds. The molecule has 2 bridgehead atoms. The minimum Gasteiger partial charge on any atom is -0.369 e. The van der Waals surface area contributed by atoms with Crippen molar-refractivity contribution in [3.8, 4) is 0 Å². The number of hydrogen-bond acceptors (Lipinski definition) is 7. The Labute approximate surface area is 232 Å². The van der Waals surface area contributed by atoms with Crippen molar-refractivity contribution in [2.24, 2.45) is 0 Å². The molecule has 8 heteroatoms. The maximum Gasteiger partial charge on any atom is 0.246 e. The molecule has 8 nitrogen and oxygen atoms in total. The monoisotopic (exact) mass is 530 g/mol. The van der Waals surface area contributed by atoms with Crippen LogP contribution in [0.1, 0.15) is 98.4 Å². The summed E-state index contributed by atoms with van der Waals surface area (Å²) in [6, 6.07) is 1.76. The topological polar surface area (TPSA) is 73.8 Å². The van der Waals surface area contributed by atoms with Gasteiger partial charge in [0.2, 0.25) is 11.9 Å². The van der Waals surface area contributed by atoms with E-state index in [-0.39, 0.29) is 20.0 Å². The highest BCUT2D eigenvalue weighted by molar-refractivity contribution is 5.77. The largest absolute Gasteiger partial charge is 0.369 e. The highest BCUT2D eigenvalue weighted by Crippen LogP contribution is 2.34. The lowest BCUT2D eigenvalue weighted by Crippen LogP contribution is -2.56. The Hall–Kier alpha value is -1.77. The number of nitrogens with one attached hydrogen (secondary N) is 1. The zero-order valence-corrected chi connectivity index (χ0v) is 24.4. The summed E-state index contributed by atoms with van der Waals surface area (Å²) in [6.45, 7) is 15.3. The number of likely N-dealkylation sites (tertiary alicyclic amines) is 2. The van der Waals surface area contributed by atoms with Crippen LogP contribution in [0.2, 0.25) is 0 Å². The number of rotatable bonds is 14. The van der Waals surface area contributed by atoms with Crippen LogP contribution in [-0.2, 0) is 9.53 Å². The number of piperazine rings is 1. The maximum atomic E-state index is 11.7. The van der Waals surface area contributed by atoms with Gasteiger partial charge < -0.3 is 19.9 Å². The van der Waals surface area contributed by atoms with E-state index in [4.69, 9.17) is 14.7 Å². The van der Waals surface area contributed by atoms with Gasteiger partial charge in [-0.1, -0.05) is 19.3 Å². The number of fused-ring (bicyclic) bond motifs is 2. The van der Waals surface area contributed by atoms with Crippen molar-refractivity contribution in [1.29, 1.82) is 0 Å². The van der Waals surface area contributed by atoms with Crippen LogP contribution >= 0.6 is 0 Å². The van der Waals surface area contributed by atoms with Crippen LogP contribution in [0, 0.1) is 0 Å². The van der Waals surface area contributed by atoms with Crippen LogP contribution in [0.15, 0.2) is 12.4 Å². The Bertz CT molecular complexity index is 832. The highest BCUT2D eigenvalue weighted by Gasteiger charge is 2.41. The average molecular weight is 531 g/mol. The van der Waals surface area contributed by atoms with Crippen molar-refractivity contribution in [3.63, 3.8) is 0 Å². The van der Waals surface area contributed by atoms with E-state index in [0.717, 1.165) is 32.0 Å². The van der Waals surface area contributed by atoms with E-state index in [1.54, 1.807) is 0 Å². The summed E-state index contributed by atoms with van der Waals surface area (Å²) >= 11 is 0. The van der Waals surface area contributed by atoms with Crippen LogP contribution in [0.3, 0.4) is 0 Å².